The summed E-state index contributed by atoms with van der Waals surface area (Å²) in [5.41, 5.74) is 8.13. The summed E-state index contributed by atoms with van der Waals surface area (Å²) in [4.78, 5) is 4.25. The summed E-state index contributed by atoms with van der Waals surface area (Å²) in [7, 11) is 0. The Kier molecular flexibility index (Phi) is 1.79. The molecular weight excluding hydrogens is 188 g/mol. The molecule has 0 unspecified atom stereocenters. The average Bonchev–Trinajstić information content (AvgIpc) is 2.91. The summed E-state index contributed by atoms with van der Waals surface area (Å²) in [5.74, 6) is 0. The van der Waals surface area contributed by atoms with E-state index < -0.39 is 0 Å². The maximum absolute atomic E-state index is 5.76. The number of hydrogen-bond donors (Lipinski definition) is 1. The van der Waals surface area contributed by atoms with Crippen molar-refractivity contribution in [3.63, 3.8) is 0 Å². The van der Waals surface area contributed by atoms with Gasteiger partial charge in [-0.25, -0.2) is 9.50 Å². The minimum Gasteiger partial charge on any atom is -0.330 e. The van der Waals surface area contributed by atoms with Gasteiger partial charge in [0.05, 0.1) is 5.69 Å². The SMILES string of the molecule is NCC1(Cc2cc3ncccn3n2)CC1. The van der Waals surface area contributed by atoms with Gasteiger partial charge in [-0.1, -0.05) is 0 Å². The fraction of sp³-hybridized carbons (Fsp3) is 0.455. The van der Waals surface area contributed by atoms with E-state index in [-0.39, 0.29) is 0 Å². The Morgan fingerprint density at radius 1 is 1.47 bits per heavy atom. The highest BCUT2D eigenvalue weighted by Gasteiger charge is 2.41. The molecule has 4 nitrogen and oxygen atoms in total. The van der Waals surface area contributed by atoms with Gasteiger partial charge in [-0.2, -0.15) is 5.10 Å². The van der Waals surface area contributed by atoms with Crippen LogP contribution in [0.25, 0.3) is 5.65 Å². The standard InChI is InChI=1S/C11H14N4/c12-8-11(2-3-11)7-9-6-10-13-4-1-5-15(10)14-9/h1,4-6H,2-3,7-8,12H2. The molecule has 2 heterocycles. The van der Waals surface area contributed by atoms with Crippen LogP contribution in [0.1, 0.15) is 18.5 Å². The lowest BCUT2D eigenvalue weighted by Crippen LogP contribution is -2.18. The zero-order valence-corrected chi connectivity index (χ0v) is 8.56. The summed E-state index contributed by atoms with van der Waals surface area (Å²) in [5, 5.41) is 4.48. The molecule has 0 saturated heterocycles. The quantitative estimate of drug-likeness (QED) is 0.808. The molecule has 2 N–H and O–H groups in total. The van der Waals surface area contributed by atoms with Crippen molar-refractivity contribution < 1.29 is 0 Å². The van der Waals surface area contributed by atoms with E-state index in [1.165, 1.54) is 12.8 Å². The van der Waals surface area contributed by atoms with E-state index in [1.54, 1.807) is 6.20 Å². The molecule has 1 aliphatic carbocycles. The number of hydrogen-bond acceptors (Lipinski definition) is 3. The third kappa shape index (κ3) is 1.51. The lowest BCUT2D eigenvalue weighted by Gasteiger charge is -2.08. The van der Waals surface area contributed by atoms with Crippen molar-refractivity contribution in [1.82, 2.24) is 14.6 Å². The van der Waals surface area contributed by atoms with Gasteiger partial charge in [0, 0.05) is 18.5 Å². The molecule has 1 aliphatic rings. The first-order valence-electron chi connectivity index (χ1n) is 5.31. The zero-order valence-electron chi connectivity index (χ0n) is 8.56. The monoisotopic (exact) mass is 202 g/mol. The largest absolute Gasteiger partial charge is 0.330 e. The molecule has 0 atom stereocenters. The Hall–Kier alpha value is -1.42. The lowest BCUT2D eigenvalue weighted by molar-refractivity contribution is 0.512. The summed E-state index contributed by atoms with van der Waals surface area (Å²) >= 11 is 0. The Labute approximate surface area is 88.1 Å². The van der Waals surface area contributed by atoms with Crippen LogP contribution in [0.3, 0.4) is 0 Å². The second-order valence-corrected chi connectivity index (χ2v) is 4.44. The van der Waals surface area contributed by atoms with Gasteiger partial charge in [0.15, 0.2) is 5.65 Å². The zero-order chi connectivity index (χ0) is 10.3. The fourth-order valence-corrected chi connectivity index (χ4v) is 1.98. The van der Waals surface area contributed by atoms with Crippen molar-refractivity contribution in [3.05, 3.63) is 30.2 Å². The maximum Gasteiger partial charge on any atom is 0.155 e. The smallest absolute Gasteiger partial charge is 0.155 e. The molecule has 2 aromatic rings. The fourth-order valence-electron chi connectivity index (χ4n) is 1.98. The van der Waals surface area contributed by atoms with Crippen LogP contribution < -0.4 is 5.73 Å². The Morgan fingerprint density at radius 2 is 2.33 bits per heavy atom. The van der Waals surface area contributed by atoms with Gasteiger partial charge >= 0.3 is 0 Å². The van der Waals surface area contributed by atoms with Gasteiger partial charge < -0.3 is 5.73 Å². The molecule has 2 aromatic heterocycles. The van der Waals surface area contributed by atoms with Crippen LogP contribution in [0.15, 0.2) is 24.5 Å². The van der Waals surface area contributed by atoms with Gasteiger partial charge in [-0.05, 0) is 37.3 Å². The summed E-state index contributed by atoms with van der Waals surface area (Å²) < 4.78 is 1.82. The molecule has 0 aliphatic heterocycles. The first-order valence-corrected chi connectivity index (χ1v) is 5.31. The minimum absolute atomic E-state index is 0.345. The number of nitrogens with zero attached hydrogens (tertiary/aromatic N) is 3. The first-order chi connectivity index (χ1) is 7.31. The molecule has 15 heavy (non-hydrogen) atoms. The molecule has 0 aromatic carbocycles. The normalized spacial score (nSPS) is 18.2. The minimum atomic E-state index is 0.345. The lowest BCUT2D eigenvalue weighted by atomic mass is 10.0. The van der Waals surface area contributed by atoms with Gasteiger partial charge in [0.1, 0.15) is 0 Å². The van der Waals surface area contributed by atoms with Crippen LogP contribution in [0, 0.1) is 5.41 Å². The first kappa shape index (κ1) is 8.85. The molecule has 1 fully saturated rings. The van der Waals surface area contributed by atoms with E-state index in [2.05, 4.69) is 16.1 Å². The second kappa shape index (κ2) is 3.03. The third-order valence-electron chi connectivity index (χ3n) is 3.23. The van der Waals surface area contributed by atoms with Gasteiger partial charge in [-0.3, -0.25) is 0 Å². The van der Waals surface area contributed by atoms with E-state index in [0.29, 0.717) is 5.41 Å². The summed E-state index contributed by atoms with van der Waals surface area (Å²) in [6.45, 7) is 0.772. The topological polar surface area (TPSA) is 56.2 Å². The van der Waals surface area contributed by atoms with Crippen LogP contribution in [0.4, 0.5) is 0 Å². The van der Waals surface area contributed by atoms with Gasteiger partial charge in [0.25, 0.3) is 0 Å². The predicted octanol–water partition coefficient (Wildman–Crippen LogP) is 1.01. The van der Waals surface area contributed by atoms with E-state index in [4.69, 9.17) is 5.73 Å². The molecule has 78 valence electrons. The number of aromatic nitrogens is 3. The van der Waals surface area contributed by atoms with Crippen LogP contribution in [-0.2, 0) is 6.42 Å². The molecule has 0 spiro atoms. The third-order valence-corrected chi connectivity index (χ3v) is 3.23. The highest BCUT2D eigenvalue weighted by molar-refractivity contribution is 5.38. The molecule has 3 rings (SSSR count). The predicted molar refractivity (Wildman–Crippen MR) is 57.4 cm³/mol. The van der Waals surface area contributed by atoms with E-state index in [0.717, 1.165) is 24.3 Å². The molecule has 4 heteroatoms. The van der Waals surface area contributed by atoms with E-state index >= 15 is 0 Å². The van der Waals surface area contributed by atoms with Crippen molar-refractivity contribution in [2.75, 3.05) is 6.54 Å². The molecule has 0 amide bonds. The molecule has 0 radical (unpaired) electrons. The van der Waals surface area contributed by atoms with Gasteiger partial charge in [-0.15, -0.1) is 0 Å². The summed E-state index contributed by atoms with van der Waals surface area (Å²) in [6, 6.07) is 3.94. The van der Waals surface area contributed by atoms with Crippen molar-refractivity contribution in [2.45, 2.75) is 19.3 Å². The van der Waals surface area contributed by atoms with E-state index in [9.17, 15) is 0 Å². The van der Waals surface area contributed by atoms with E-state index in [1.807, 2.05) is 16.8 Å². The Morgan fingerprint density at radius 3 is 3.00 bits per heavy atom. The molecule has 1 saturated carbocycles. The molecular formula is C11H14N4. The van der Waals surface area contributed by atoms with Crippen molar-refractivity contribution in [3.8, 4) is 0 Å². The number of rotatable bonds is 3. The summed E-state index contributed by atoms with van der Waals surface area (Å²) in [6.07, 6.45) is 7.19. The van der Waals surface area contributed by atoms with Crippen LogP contribution in [0.5, 0.6) is 0 Å². The van der Waals surface area contributed by atoms with Crippen LogP contribution >= 0.6 is 0 Å². The molecule has 0 bridgehead atoms. The second-order valence-electron chi connectivity index (χ2n) is 4.44. The van der Waals surface area contributed by atoms with Crippen LogP contribution in [-0.4, -0.2) is 21.1 Å². The highest BCUT2D eigenvalue weighted by Crippen LogP contribution is 2.47. The number of fused-ring (bicyclic) bond motifs is 1. The van der Waals surface area contributed by atoms with Crippen molar-refractivity contribution >= 4 is 5.65 Å². The Bertz CT molecular complexity index is 451. The van der Waals surface area contributed by atoms with Crippen molar-refractivity contribution in [2.24, 2.45) is 11.1 Å². The van der Waals surface area contributed by atoms with Gasteiger partial charge in [0.2, 0.25) is 0 Å². The average molecular weight is 202 g/mol. The highest BCUT2D eigenvalue weighted by atomic mass is 15.2. The maximum atomic E-state index is 5.76. The van der Waals surface area contributed by atoms with Crippen molar-refractivity contribution in [1.29, 1.82) is 0 Å². The Balaban J connectivity index is 1.92. The van der Waals surface area contributed by atoms with Crippen LogP contribution in [0.2, 0.25) is 0 Å². The number of nitrogens with two attached hydrogens (primary N) is 1.